The van der Waals surface area contributed by atoms with E-state index >= 15 is 0 Å². The fourth-order valence-corrected chi connectivity index (χ4v) is 4.22. The molecule has 0 radical (unpaired) electrons. The van der Waals surface area contributed by atoms with Gasteiger partial charge in [-0.25, -0.2) is 4.98 Å². The molecule has 3 atom stereocenters. The van der Waals surface area contributed by atoms with Crippen LogP contribution < -0.4 is 5.32 Å². The lowest BCUT2D eigenvalue weighted by atomic mass is 10.1. The summed E-state index contributed by atoms with van der Waals surface area (Å²) in [4.78, 5) is 19.4. The molecule has 1 saturated heterocycles. The summed E-state index contributed by atoms with van der Waals surface area (Å²) >= 11 is 0. The molecule has 2 fully saturated rings. The van der Waals surface area contributed by atoms with Crippen molar-refractivity contribution in [2.45, 2.75) is 44.5 Å². The lowest BCUT2D eigenvalue weighted by Gasteiger charge is -2.34. The van der Waals surface area contributed by atoms with Crippen LogP contribution in [-0.4, -0.2) is 70.0 Å². The van der Waals surface area contributed by atoms with Crippen LogP contribution >= 0.6 is 0 Å². The highest BCUT2D eigenvalue weighted by Crippen LogP contribution is 2.26. The maximum Gasteiger partial charge on any atom is 0.240 e. The molecule has 0 unspecified atom stereocenters. The quantitative estimate of drug-likeness (QED) is 0.840. The van der Waals surface area contributed by atoms with Crippen LogP contribution in [-0.2, 0) is 16.1 Å². The molecular weight excluding hydrogens is 332 g/mol. The fourth-order valence-electron chi connectivity index (χ4n) is 4.22. The second-order valence-electron chi connectivity index (χ2n) is 7.19. The first-order valence-corrected chi connectivity index (χ1v) is 9.34. The highest BCUT2D eigenvalue weighted by molar-refractivity contribution is 5.81. The van der Waals surface area contributed by atoms with Crippen LogP contribution in [0.2, 0.25) is 0 Å². The number of nitrogens with zero attached hydrogens (tertiary/aromatic N) is 3. The zero-order chi connectivity index (χ0) is 18.1. The van der Waals surface area contributed by atoms with Crippen LogP contribution in [0, 0.1) is 6.92 Å². The number of aliphatic hydroxyl groups excluding tert-OH is 1. The summed E-state index contributed by atoms with van der Waals surface area (Å²) < 4.78 is 7.31. The van der Waals surface area contributed by atoms with E-state index in [9.17, 15) is 9.90 Å². The third kappa shape index (κ3) is 3.34. The Morgan fingerprint density at radius 1 is 1.31 bits per heavy atom. The SMILES string of the molecule is Cc1nc2ccccc2n1CC(=O)N[C@@H]1CC[C@@H](N2CCOCC2)[C@@H]1O. The van der Waals surface area contributed by atoms with Gasteiger partial charge in [0.2, 0.25) is 5.91 Å². The average molecular weight is 358 g/mol. The van der Waals surface area contributed by atoms with Gasteiger partial charge in [0.25, 0.3) is 0 Å². The van der Waals surface area contributed by atoms with Crippen LogP contribution in [0.3, 0.4) is 0 Å². The fraction of sp³-hybridized carbons (Fsp3) is 0.579. The van der Waals surface area contributed by atoms with E-state index in [1.54, 1.807) is 0 Å². The zero-order valence-electron chi connectivity index (χ0n) is 15.1. The van der Waals surface area contributed by atoms with Crippen molar-refractivity contribution in [3.8, 4) is 0 Å². The van der Waals surface area contributed by atoms with E-state index in [0.29, 0.717) is 13.2 Å². The van der Waals surface area contributed by atoms with Crippen molar-refractivity contribution in [2.75, 3.05) is 26.3 Å². The third-order valence-corrected chi connectivity index (χ3v) is 5.59. The summed E-state index contributed by atoms with van der Waals surface area (Å²) in [5.41, 5.74) is 1.85. The van der Waals surface area contributed by atoms with E-state index in [1.807, 2.05) is 35.8 Å². The van der Waals surface area contributed by atoms with Crippen LogP contribution in [0.4, 0.5) is 0 Å². The monoisotopic (exact) mass is 358 g/mol. The average Bonchev–Trinajstić information content (AvgIpc) is 3.16. The van der Waals surface area contributed by atoms with Gasteiger partial charge in [-0.3, -0.25) is 9.69 Å². The van der Waals surface area contributed by atoms with Crippen LogP contribution in [0.1, 0.15) is 18.7 Å². The number of rotatable bonds is 4. The second-order valence-corrected chi connectivity index (χ2v) is 7.19. The lowest BCUT2D eigenvalue weighted by Crippen LogP contribution is -2.51. The topological polar surface area (TPSA) is 79.6 Å². The van der Waals surface area contributed by atoms with Crippen molar-refractivity contribution in [3.05, 3.63) is 30.1 Å². The summed E-state index contributed by atoms with van der Waals surface area (Å²) in [5, 5.41) is 13.7. The molecule has 2 N–H and O–H groups in total. The minimum absolute atomic E-state index is 0.0806. The van der Waals surface area contributed by atoms with Crippen molar-refractivity contribution in [1.29, 1.82) is 0 Å². The molecule has 26 heavy (non-hydrogen) atoms. The van der Waals surface area contributed by atoms with Gasteiger partial charge in [-0.05, 0) is 31.9 Å². The number of carbonyl (C=O) groups is 1. The Balaban J connectivity index is 1.39. The first-order chi connectivity index (χ1) is 12.6. The van der Waals surface area contributed by atoms with Crippen LogP contribution in [0.25, 0.3) is 11.0 Å². The Bertz CT molecular complexity index is 784. The largest absolute Gasteiger partial charge is 0.389 e. The molecule has 0 spiro atoms. The molecule has 1 aliphatic carbocycles. The second kappa shape index (κ2) is 7.34. The number of ether oxygens (including phenoxy) is 1. The van der Waals surface area contributed by atoms with Crippen molar-refractivity contribution in [2.24, 2.45) is 0 Å². The van der Waals surface area contributed by atoms with E-state index in [4.69, 9.17) is 4.74 Å². The number of hydrogen-bond donors (Lipinski definition) is 2. The van der Waals surface area contributed by atoms with Crippen molar-refractivity contribution < 1.29 is 14.6 Å². The standard InChI is InChI=1S/C19H26N4O3/c1-13-20-14-4-2-3-5-16(14)23(13)12-18(24)21-15-6-7-17(19(15)25)22-8-10-26-11-9-22/h2-5,15,17,19,25H,6-12H2,1H3,(H,21,24)/t15-,17-,19-/m1/s1. The maximum absolute atomic E-state index is 12.6. The number of amides is 1. The Labute approximate surface area is 152 Å². The lowest BCUT2D eigenvalue weighted by molar-refractivity contribution is -0.123. The molecular formula is C19H26N4O3. The predicted molar refractivity (Wildman–Crippen MR) is 97.8 cm³/mol. The van der Waals surface area contributed by atoms with E-state index in [1.165, 1.54) is 0 Å². The van der Waals surface area contributed by atoms with Crippen molar-refractivity contribution in [1.82, 2.24) is 19.8 Å². The minimum Gasteiger partial charge on any atom is -0.389 e. The molecule has 1 aliphatic heterocycles. The van der Waals surface area contributed by atoms with E-state index in [0.717, 1.165) is 42.8 Å². The Morgan fingerprint density at radius 3 is 2.88 bits per heavy atom. The van der Waals surface area contributed by atoms with Gasteiger partial charge in [-0.2, -0.15) is 0 Å². The number of aliphatic hydroxyl groups is 1. The number of para-hydroxylation sites is 2. The summed E-state index contributed by atoms with van der Waals surface area (Å²) in [6.45, 7) is 5.26. The predicted octanol–water partition coefficient (Wildman–Crippen LogP) is 0.685. The minimum atomic E-state index is -0.530. The molecule has 1 saturated carbocycles. The molecule has 2 aromatic rings. The first kappa shape index (κ1) is 17.5. The molecule has 0 bridgehead atoms. The number of carbonyl (C=O) groups excluding carboxylic acids is 1. The molecule has 2 heterocycles. The summed E-state index contributed by atoms with van der Waals surface area (Å²) in [7, 11) is 0. The summed E-state index contributed by atoms with van der Waals surface area (Å²) in [6.07, 6.45) is 1.18. The first-order valence-electron chi connectivity index (χ1n) is 9.34. The van der Waals surface area contributed by atoms with Gasteiger partial charge in [0, 0.05) is 19.1 Å². The summed E-state index contributed by atoms with van der Waals surface area (Å²) in [5.74, 6) is 0.738. The number of morpholine rings is 1. The van der Waals surface area contributed by atoms with Gasteiger partial charge in [0.15, 0.2) is 0 Å². The molecule has 1 aromatic heterocycles. The van der Waals surface area contributed by atoms with Crippen molar-refractivity contribution in [3.63, 3.8) is 0 Å². The number of imidazole rings is 1. The van der Waals surface area contributed by atoms with Gasteiger partial charge in [-0.1, -0.05) is 12.1 Å². The number of nitrogens with one attached hydrogen (secondary N) is 1. The Morgan fingerprint density at radius 2 is 2.08 bits per heavy atom. The van der Waals surface area contributed by atoms with Gasteiger partial charge < -0.3 is 19.7 Å². The molecule has 4 rings (SSSR count). The van der Waals surface area contributed by atoms with Gasteiger partial charge in [0.1, 0.15) is 12.4 Å². The third-order valence-electron chi connectivity index (χ3n) is 5.59. The van der Waals surface area contributed by atoms with Gasteiger partial charge in [0.05, 0.1) is 36.4 Å². The van der Waals surface area contributed by atoms with Crippen LogP contribution in [0.15, 0.2) is 24.3 Å². The van der Waals surface area contributed by atoms with E-state index < -0.39 is 6.10 Å². The molecule has 2 aliphatic rings. The Kier molecular flexibility index (Phi) is 4.93. The number of aryl methyl sites for hydroxylation is 1. The van der Waals surface area contributed by atoms with Gasteiger partial charge >= 0.3 is 0 Å². The Hall–Kier alpha value is -1.96. The molecule has 1 amide bonds. The van der Waals surface area contributed by atoms with Gasteiger partial charge in [-0.15, -0.1) is 0 Å². The smallest absolute Gasteiger partial charge is 0.240 e. The van der Waals surface area contributed by atoms with Crippen LogP contribution in [0.5, 0.6) is 0 Å². The number of hydrogen-bond acceptors (Lipinski definition) is 5. The van der Waals surface area contributed by atoms with E-state index in [2.05, 4.69) is 15.2 Å². The molecule has 1 aromatic carbocycles. The summed E-state index contributed by atoms with van der Waals surface area (Å²) in [6, 6.07) is 7.74. The highest BCUT2D eigenvalue weighted by Gasteiger charge is 2.39. The molecule has 7 heteroatoms. The maximum atomic E-state index is 12.6. The highest BCUT2D eigenvalue weighted by atomic mass is 16.5. The normalized spacial score (nSPS) is 27.1. The molecule has 7 nitrogen and oxygen atoms in total. The van der Waals surface area contributed by atoms with Crippen molar-refractivity contribution >= 4 is 16.9 Å². The number of benzene rings is 1. The zero-order valence-corrected chi connectivity index (χ0v) is 15.1. The number of aromatic nitrogens is 2. The number of fused-ring (bicyclic) bond motifs is 1. The van der Waals surface area contributed by atoms with E-state index in [-0.39, 0.29) is 24.5 Å². The molecule has 140 valence electrons.